The summed E-state index contributed by atoms with van der Waals surface area (Å²) in [6.07, 6.45) is 2.55. The Kier molecular flexibility index (Phi) is 6.70. The summed E-state index contributed by atoms with van der Waals surface area (Å²) in [5.74, 6) is 2.37. The van der Waals surface area contributed by atoms with Gasteiger partial charge in [0.2, 0.25) is 5.95 Å². The molecule has 2 aliphatic rings. The summed E-state index contributed by atoms with van der Waals surface area (Å²) in [5.41, 5.74) is 0.822. The lowest BCUT2D eigenvalue weighted by Crippen LogP contribution is -2.39. The number of hydrogen-bond donors (Lipinski definition) is 2. The van der Waals surface area contributed by atoms with E-state index >= 15 is 0 Å². The third-order valence-corrected chi connectivity index (χ3v) is 4.91. The highest BCUT2D eigenvalue weighted by Gasteiger charge is 2.19. The third-order valence-electron chi connectivity index (χ3n) is 4.91. The van der Waals surface area contributed by atoms with Gasteiger partial charge in [-0.1, -0.05) is 5.21 Å². The van der Waals surface area contributed by atoms with Gasteiger partial charge in [0.15, 0.2) is 0 Å². The minimum atomic E-state index is 0.142. The molecule has 0 bridgehead atoms. The fourth-order valence-electron chi connectivity index (χ4n) is 3.31. The van der Waals surface area contributed by atoms with E-state index in [1.54, 1.807) is 4.68 Å². The molecule has 2 aromatic rings. The zero-order valence-corrected chi connectivity index (χ0v) is 16.5. The van der Waals surface area contributed by atoms with Crippen LogP contribution >= 0.6 is 0 Å². The molecule has 2 aromatic heterocycles. The number of aryl methyl sites for hydroxylation is 1. The van der Waals surface area contributed by atoms with Gasteiger partial charge in [0.05, 0.1) is 39.2 Å². The molecular weight excluding hydrogens is 376 g/mol. The highest BCUT2D eigenvalue weighted by Crippen LogP contribution is 2.22. The number of rotatable bonds is 8. The fourth-order valence-corrected chi connectivity index (χ4v) is 3.31. The van der Waals surface area contributed by atoms with Crippen LogP contribution in [0.25, 0.3) is 0 Å². The number of anilines is 3. The van der Waals surface area contributed by atoms with E-state index in [0.29, 0.717) is 51.9 Å². The van der Waals surface area contributed by atoms with Crippen LogP contribution < -0.4 is 15.1 Å². The maximum absolute atomic E-state index is 8.94. The smallest absolute Gasteiger partial charge is 0.229 e. The van der Waals surface area contributed by atoms with Gasteiger partial charge in [-0.15, -0.1) is 5.10 Å². The normalized spacial score (nSPS) is 17.6. The molecule has 0 amide bonds. The monoisotopic (exact) mass is 404 g/mol. The van der Waals surface area contributed by atoms with E-state index in [0.717, 1.165) is 43.5 Å². The second-order valence-corrected chi connectivity index (χ2v) is 7.01. The molecule has 2 N–H and O–H groups in total. The van der Waals surface area contributed by atoms with E-state index in [1.165, 1.54) is 0 Å². The molecule has 0 spiro atoms. The van der Waals surface area contributed by atoms with Gasteiger partial charge in [-0.3, -0.25) is 4.68 Å². The predicted molar refractivity (Wildman–Crippen MR) is 107 cm³/mol. The van der Waals surface area contributed by atoms with Crippen molar-refractivity contribution in [2.24, 2.45) is 0 Å². The molecule has 0 unspecified atom stereocenters. The van der Waals surface area contributed by atoms with E-state index in [9.17, 15) is 0 Å². The Bertz CT molecular complexity index is 738. The quantitative estimate of drug-likeness (QED) is 0.610. The molecular formula is C18H28N8O3. The van der Waals surface area contributed by atoms with Crippen molar-refractivity contribution in [1.29, 1.82) is 0 Å². The first kappa shape index (κ1) is 19.8. The molecule has 158 valence electrons. The minimum absolute atomic E-state index is 0.142. The molecule has 4 heterocycles. The molecule has 11 heteroatoms. The van der Waals surface area contributed by atoms with Crippen LogP contribution in [0.4, 0.5) is 17.6 Å². The summed E-state index contributed by atoms with van der Waals surface area (Å²) in [4.78, 5) is 13.9. The lowest BCUT2D eigenvalue weighted by Gasteiger charge is -2.31. The SMILES string of the molecule is OCCCn1cc(CNc2cc(N3CCOCC3)nc(N3CCOCC3)n2)nn1. The average molecular weight is 404 g/mol. The van der Waals surface area contributed by atoms with E-state index in [1.807, 2.05) is 12.3 Å². The first-order valence-electron chi connectivity index (χ1n) is 10.1. The Labute approximate surface area is 169 Å². The second-order valence-electron chi connectivity index (χ2n) is 7.01. The fraction of sp³-hybridized carbons (Fsp3) is 0.667. The first-order chi connectivity index (χ1) is 14.3. The van der Waals surface area contributed by atoms with Gasteiger partial charge in [0.1, 0.15) is 17.3 Å². The van der Waals surface area contributed by atoms with E-state index in [-0.39, 0.29) is 6.61 Å². The number of aliphatic hydroxyl groups is 1. The Balaban J connectivity index is 1.48. The summed E-state index contributed by atoms with van der Waals surface area (Å²) < 4.78 is 12.7. The van der Waals surface area contributed by atoms with Gasteiger partial charge >= 0.3 is 0 Å². The number of hydrogen-bond acceptors (Lipinski definition) is 10. The largest absolute Gasteiger partial charge is 0.396 e. The lowest BCUT2D eigenvalue weighted by atomic mass is 10.3. The Morgan fingerprint density at radius 2 is 1.72 bits per heavy atom. The standard InChI is InChI=1S/C18H28N8O3/c27-7-1-2-26-14-15(22-23-26)13-19-16-12-17(24-3-8-28-9-4-24)21-18(20-16)25-5-10-29-11-6-25/h12,14,27H,1-11,13H2,(H,19,20,21). The van der Waals surface area contributed by atoms with Crippen LogP contribution in [0.2, 0.25) is 0 Å². The number of aromatic nitrogens is 5. The zero-order valence-electron chi connectivity index (χ0n) is 16.5. The molecule has 2 saturated heterocycles. The second kappa shape index (κ2) is 9.81. The highest BCUT2D eigenvalue weighted by molar-refractivity contribution is 5.54. The van der Waals surface area contributed by atoms with Crippen LogP contribution in [0.3, 0.4) is 0 Å². The summed E-state index contributed by atoms with van der Waals surface area (Å²) in [6.45, 7) is 7.29. The van der Waals surface area contributed by atoms with Crippen molar-refractivity contribution in [3.05, 3.63) is 18.0 Å². The van der Waals surface area contributed by atoms with Crippen molar-refractivity contribution >= 4 is 17.6 Å². The molecule has 0 aliphatic carbocycles. The zero-order chi connectivity index (χ0) is 19.9. The summed E-state index contributed by atoms with van der Waals surface area (Å²) >= 11 is 0. The van der Waals surface area contributed by atoms with E-state index < -0.39 is 0 Å². The van der Waals surface area contributed by atoms with Gasteiger partial charge in [-0.25, -0.2) is 0 Å². The van der Waals surface area contributed by atoms with Gasteiger partial charge < -0.3 is 29.7 Å². The van der Waals surface area contributed by atoms with Crippen molar-refractivity contribution in [1.82, 2.24) is 25.0 Å². The van der Waals surface area contributed by atoms with Crippen LogP contribution in [0.5, 0.6) is 0 Å². The summed E-state index contributed by atoms with van der Waals surface area (Å²) in [5, 5.41) is 20.6. The molecule has 0 atom stereocenters. The number of ether oxygens (including phenoxy) is 2. The number of nitrogens with one attached hydrogen (secondary N) is 1. The molecule has 4 rings (SSSR count). The van der Waals surface area contributed by atoms with Crippen LogP contribution in [0, 0.1) is 0 Å². The van der Waals surface area contributed by atoms with Crippen molar-refractivity contribution in [2.45, 2.75) is 19.5 Å². The van der Waals surface area contributed by atoms with Crippen molar-refractivity contribution < 1.29 is 14.6 Å². The maximum atomic E-state index is 8.94. The molecule has 0 saturated carbocycles. The van der Waals surface area contributed by atoms with E-state index in [4.69, 9.17) is 24.5 Å². The van der Waals surface area contributed by atoms with Gasteiger partial charge in [0.25, 0.3) is 0 Å². The third kappa shape index (κ3) is 5.31. The minimum Gasteiger partial charge on any atom is -0.396 e. The van der Waals surface area contributed by atoms with Gasteiger partial charge in [-0.05, 0) is 6.42 Å². The van der Waals surface area contributed by atoms with E-state index in [2.05, 4.69) is 25.4 Å². The van der Waals surface area contributed by atoms with Crippen LogP contribution in [0.15, 0.2) is 12.3 Å². The van der Waals surface area contributed by atoms with Crippen LogP contribution in [-0.2, 0) is 22.6 Å². The number of aliphatic hydroxyl groups excluding tert-OH is 1. The van der Waals surface area contributed by atoms with Crippen molar-refractivity contribution in [3.63, 3.8) is 0 Å². The maximum Gasteiger partial charge on any atom is 0.229 e. The van der Waals surface area contributed by atoms with Crippen LogP contribution in [0.1, 0.15) is 12.1 Å². The Hall–Kier alpha value is -2.50. The molecule has 0 aromatic carbocycles. The molecule has 11 nitrogen and oxygen atoms in total. The van der Waals surface area contributed by atoms with Crippen molar-refractivity contribution in [3.8, 4) is 0 Å². The van der Waals surface area contributed by atoms with Crippen molar-refractivity contribution in [2.75, 3.05) is 74.3 Å². The van der Waals surface area contributed by atoms with Gasteiger partial charge in [0, 0.05) is 45.4 Å². The molecule has 29 heavy (non-hydrogen) atoms. The molecule has 2 fully saturated rings. The summed E-state index contributed by atoms with van der Waals surface area (Å²) in [7, 11) is 0. The van der Waals surface area contributed by atoms with Crippen LogP contribution in [-0.4, -0.2) is 89.3 Å². The molecule has 0 radical (unpaired) electrons. The Morgan fingerprint density at radius 1 is 1.00 bits per heavy atom. The molecule has 2 aliphatic heterocycles. The Morgan fingerprint density at radius 3 is 2.45 bits per heavy atom. The number of nitrogens with zero attached hydrogens (tertiary/aromatic N) is 7. The number of morpholine rings is 2. The lowest BCUT2D eigenvalue weighted by molar-refractivity contribution is 0.121. The van der Waals surface area contributed by atoms with Gasteiger partial charge in [-0.2, -0.15) is 9.97 Å². The topological polar surface area (TPSA) is 114 Å². The first-order valence-corrected chi connectivity index (χ1v) is 10.1. The summed E-state index contributed by atoms with van der Waals surface area (Å²) in [6, 6.07) is 1.98. The average Bonchev–Trinajstić information content (AvgIpc) is 3.25. The predicted octanol–water partition coefficient (Wildman–Crippen LogP) is -0.264. The highest BCUT2D eigenvalue weighted by atomic mass is 16.5.